The second-order valence-corrected chi connectivity index (χ2v) is 7.54. The molecular weight excluding hydrogens is 262 g/mol. The molecular formula is C14H21NO3S. The molecule has 1 fully saturated rings. The summed E-state index contributed by atoms with van der Waals surface area (Å²) in [7, 11) is -1.53. The highest BCUT2D eigenvalue weighted by Gasteiger charge is 2.69. The molecule has 0 radical (unpaired) electrons. The number of hydrogen-bond donors (Lipinski definition) is 1. The lowest BCUT2D eigenvalue weighted by Crippen LogP contribution is -2.28. The lowest BCUT2D eigenvalue weighted by Gasteiger charge is -2.14. The molecule has 0 spiro atoms. The molecule has 0 heterocycles. The molecule has 1 aromatic carbocycles. The molecule has 1 aliphatic rings. The molecule has 0 aliphatic heterocycles. The molecule has 0 amide bonds. The number of rotatable bonds is 6. The standard InChI is InChI=1S/C14H21NO3S/c1-3-19(16,17)13-12(11-7-5-4-6-8-11)14(13,9-15)10-18-2/h4-8,12-13H,3,9-10,15H2,1-2H3/t12-,13+,14-/m1/s1. The maximum absolute atomic E-state index is 12.3. The summed E-state index contributed by atoms with van der Waals surface area (Å²) in [5.41, 5.74) is 6.45. The van der Waals surface area contributed by atoms with Gasteiger partial charge in [-0.05, 0) is 5.56 Å². The van der Waals surface area contributed by atoms with Gasteiger partial charge < -0.3 is 10.5 Å². The largest absolute Gasteiger partial charge is 0.384 e. The summed E-state index contributed by atoms with van der Waals surface area (Å²) in [6, 6.07) is 9.72. The van der Waals surface area contributed by atoms with Crippen molar-refractivity contribution in [2.75, 3.05) is 26.0 Å². The summed E-state index contributed by atoms with van der Waals surface area (Å²) in [4.78, 5) is 0. The van der Waals surface area contributed by atoms with Gasteiger partial charge in [-0.25, -0.2) is 8.42 Å². The molecule has 4 nitrogen and oxygen atoms in total. The topological polar surface area (TPSA) is 69.4 Å². The van der Waals surface area contributed by atoms with Crippen LogP contribution in [0.4, 0.5) is 0 Å². The quantitative estimate of drug-likeness (QED) is 0.851. The lowest BCUT2D eigenvalue weighted by atomic mass is 10.0. The summed E-state index contributed by atoms with van der Waals surface area (Å²) in [5, 5.41) is -0.419. The maximum Gasteiger partial charge on any atom is 0.154 e. The lowest BCUT2D eigenvalue weighted by molar-refractivity contribution is 0.142. The molecule has 2 N–H and O–H groups in total. The van der Waals surface area contributed by atoms with Gasteiger partial charge in [-0.3, -0.25) is 0 Å². The Morgan fingerprint density at radius 2 is 1.95 bits per heavy atom. The van der Waals surface area contributed by atoms with Crippen LogP contribution in [0.5, 0.6) is 0 Å². The second-order valence-electron chi connectivity index (χ2n) is 5.13. The Hall–Kier alpha value is -0.910. The first-order chi connectivity index (χ1) is 9.03. The van der Waals surface area contributed by atoms with Crippen molar-refractivity contribution in [2.24, 2.45) is 11.1 Å². The predicted octanol–water partition coefficient (Wildman–Crippen LogP) is 1.18. The molecule has 3 atom stereocenters. The first kappa shape index (κ1) is 14.5. The van der Waals surface area contributed by atoms with Crippen molar-refractivity contribution in [3.63, 3.8) is 0 Å². The third kappa shape index (κ3) is 2.30. The van der Waals surface area contributed by atoms with Crippen LogP contribution in [0.1, 0.15) is 18.4 Å². The fourth-order valence-corrected chi connectivity index (χ4v) is 5.26. The Kier molecular flexibility index (Phi) is 3.99. The van der Waals surface area contributed by atoms with Crippen LogP contribution in [0.15, 0.2) is 30.3 Å². The Bertz CT molecular complexity index is 529. The first-order valence-corrected chi connectivity index (χ1v) is 8.20. The number of ether oxygens (including phenoxy) is 1. The van der Waals surface area contributed by atoms with Gasteiger partial charge >= 0.3 is 0 Å². The van der Waals surface area contributed by atoms with Gasteiger partial charge in [0.05, 0.1) is 11.9 Å². The van der Waals surface area contributed by atoms with Gasteiger partial charge in [0.15, 0.2) is 9.84 Å². The van der Waals surface area contributed by atoms with E-state index in [0.29, 0.717) is 13.2 Å². The Balaban J connectivity index is 2.41. The van der Waals surface area contributed by atoms with E-state index in [1.807, 2.05) is 30.3 Å². The Morgan fingerprint density at radius 1 is 1.32 bits per heavy atom. The van der Waals surface area contributed by atoms with Crippen LogP contribution >= 0.6 is 0 Å². The Labute approximate surface area is 114 Å². The fraction of sp³-hybridized carbons (Fsp3) is 0.571. The zero-order valence-electron chi connectivity index (χ0n) is 11.4. The highest BCUT2D eigenvalue weighted by molar-refractivity contribution is 7.92. The minimum atomic E-state index is -3.12. The van der Waals surface area contributed by atoms with Crippen molar-refractivity contribution in [1.29, 1.82) is 0 Å². The van der Waals surface area contributed by atoms with E-state index in [1.165, 1.54) is 0 Å². The number of methoxy groups -OCH3 is 1. The van der Waals surface area contributed by atoms with Crippen LogP contribution in [0, 0.1) is 5.41 Å². The molecule has 0 saturated heterocycles. The average Bonchev–Trinajstić information content (AvgIpc) is 3.10. The summed E-state index contributed by atoms with van der Waals surface area (Å²) in [6.45, 7) is 2.39. The molecule has 2 rings (SSSR count). The molecule has 106 valence electrons. The third-order valence-corrected chi connectivity index (χ3v) is 6.44. The van der Waals surface area contributed by atoms with E-state index in [1.54, 1.807) is 14.0 Å². The molecule has 0 bridgehead atoms. The van der Waals surface area contributed by atoms with Crippen molar-refractivity contribution < 1.29 is 13.2 Å². The fourth-order valence-electron chi connectivity index (χ4n) is 3.11. The van der Waals surface area contributed by atoms with E-state index in [0.717, 1.165) is 5.56 Å². The van der Waals surface area contributed by atoms with Crippen LogP contribution in [-0.2, 0) is 14.6 Å². The number of sulfone groups is 1. The molecule has 1 saturated carbocycles. The van der Waals surface area contributed by atoms with Gasteiger partial charge in [0.25, 0.3) is 0 Å². The molecule has 1 aliphatic carbocycles. The van der Waals surface area contributed by atoms with Crippen molar-refractivity contribution in [3.05, 3.63) is 35.9 Å². The maximum atomic E-state index is 12.3. The summed E-state index contributed by atoms with van der Waals surface area (Å²) < 4.78 is 29.8. The van der Waals surface area contributed by atoms with Crippen LogP contribution < -0.4 is 5.73 Å². The highest BCUT2D eigenvalue weighted by atomic mass is 32.2. The molecule has 5 heteroatoms. The monoisotopic (exact) mass is 283 g/mol. The Morgan fingerprint density at radius 3 is 2.42 bits per heavy atom. The molecule has 19 heavy (non-hydrogen) atoms. The van der Waals surface area contributed by atoms with Crippen molar-refractivity contribution in [3.8, 4) is 0 Å². The summed E-state index contributed by atoms with van der Waals surface area (Å²) in [5.74, 6) is 0.0931. The van der Waals surface area contributed by atoms with Crippen molar-refractivity contribution in [1.82, 2.24) is 0 Å². The zero-order chi connectivity index (χ0) is 14.1. The van der Waals surface area contributed by atoms with Gasteiger partial charge in [0, 0.05) is 30.7 Å². The van der Waals surface area contributed by atoms with Crippen molar-refractivity contribution in [2.45, 2.75) is 18.1 Å². The smallest absolute Gasteiger partial charge is 0.154 e. The van der Waals surface area contributed by atoms with E-state index >= 15 is 0 Å². The average molecular weight is 283 g/mol. The molecule has 0 aromatic heterocycles. The van der Waals surface area contributed by atoms with Gasteiger partial charge in [0.2, 0.25) is 0 Å². The van der Waals surface area contributed by atoms with Crippen molar-refractivity contribution >= 4 is 9.84 Å². The second kappa shape index (κ2) is 5.23. The van der Waals surface area contributed by atoms with Gasteiger partial charge in [-0.15, -0.1) is 0 Å². The van der Waals surface area contributed by atoms with E-state index in [9.17, 15) is 8.42 Å². The number of hydrogen-bond acceptors (Lipinski definition) is 4. The van der Waals surface area contributed by atoms with Gasteiger partial charge in [-0.1, -0.05) is 37.3 Å². The highest BCUT2D eigenvalue weighted by Crippen LogP contribution is 2.62. The first-order valence-electron chi connectivity index (χ1n) is 6.49. The van der Waals surface area contributed by atoms with Gasteiger partial charge in [0.1, 0.15) is 0 Å². The summed E-state index contributed by atoms with van der Waals surface area (Å²) in [6.07, 6.45) is 0. The number of nitrogens with two attached hydrogens (primary N) is 1. The SMILES string of the molecule is CCS(=O)(=O)[C@H]1[C@@H](c2ccccc2)[C@@]1(CN)COC. The van der Waals surface area contributed by atoms with Crippen LogP contribution in [0.25, 0.3) is 0 Å². The third-order valence-electron chi connectivity index (χ3n) is 4.12. The van der Waals surface area contributed by atoms with E-state index < -0.39 is 20.5 Å². The zero-order valence-corrected chi connectivity index (χ0v) is 12.2. The predicted molar refractivity (Wildman–Crippen MR) is 75.8 cm³/mol. The van der Waals surface area contributed by atoms with E-state index in [-0.39, 0.29) is 11.7 Å². The summed E-state index contributed by atoms with van der Waals surface area (Å²) >= 11 is 0. The van der Waals surface area contributed by atoms with Crippen LogP contribution in [0.2, 0.25) is 0 Å². The minimum Gasteiger partial charge on any atom is -0.384 e. The minimum absolute atomic E-state index is 0.0522. The molecule has 0 unspecified atom stereocenters. The molecule has 1 aromatic rings. The van der Waals surface area contributed by atoms with Crippen LogP contribution in [-0.4, -0.2) is 39.7 Å². The van der Waals surface area contributed by atoms with E-state index in [4.69, 9.17) is 10.5 Å². The van der Waals surface area contributed by atoms with E-state index in [2.05, 4.69) is 0 Å². The van der Waals surface area contributed by atoms with Crippen LogP contribution in [0.3, 0.4) is 0 Å². The van der Waals surface area contributed by atoms with Gasteiger partial charge in [-0.2, -0.15) is 0 Å². The normalized spacial score (nSPS) is 30.3. The number of benzene rings is 1.